The van der Waals surface area contributed by atoms with E-state index >= 15 is 0 Å². The van der Waals surface area contributed by atoms with Crippen LogP contribution in [-0.2, 0) is 119 Å². The fourth-order valence-corrected chi connectivity index (χ4v) is 33.2. The first-order valence-electron chi connectivity index (χ1n) is 36.8. The molecule has 0 spiro atoms. The minimum Gasteiger partial charge on any atom is -0.461 e. The molecule has 147 heavy (non-hydrogen) atoms. The van der Waals surface area contributed by atoms with Crippen LogP contribution in [0, 0.1) is 85.7 Å². The Balaban J connectivity index is 0.000000840. The van der Waals surface area contributed by atoms with Crippen LogP contribution in [0.3, 0.4) is 0 Å². The Morgan fingerprint density at radius 1 is 0.211 bits per heavy atom. The highest BCUT2D eigenvalue weighted by atomic mass is 127. The summed E-state index contributed by atoms with van der Waals surface area (Å²) in [6.45, 7) is -2.93. The van der Waals surface area contributed by atoms with E-state index in [0.717, 1.165) is 91.4 Å². The molecule has 0 bridgehead atoms. The van der Waals surface area contributed by atoms with Gasteiger partial charge in [-0.25, -0.2) is 38.4 Å². The summed E-state index contributed by atoms with van der Waals surface area (Å²) in [5.41, 5.74) is 4.11. The predicted octanol–water partition coefficient (Wildman–Crippen LogP) is 20.4. The van der Waals surface area contributed by atoms with E-state index in [1.165, 1.54) is 0 Å². The molecule has 8 aromatic carbocycles. The monoisotopic (exact) mass is 4900 g/mol. The van der Waals surface area contributed by atoms with Crippen LogP contribution in [0.5, 0.6) is 0 Å². The van der Waals surface area contributed by atoms with Gasteiger partial charge < -0.3 is 42.8 Å². The van der Waals surface area contributed by atoms with Crippen LogP contribution in [0.1, 0.15) is 82.9 Å². The molecule has 8 rings (SSSR count). The lowest BCUT2D eigenvalue weighted by Gasteiger charge is -2.15. The summed E-state index contributed by atoms with van der Waals surface area (Å²) in [6, 6.07) is 26.3. The third-order valence-electron chi connectivity index (χ3n) is 15.0. The highest BCUT2D eigenvalue weighted by Gasteiger charge is 2.28. The van der Waals surface area contributed by atoms with Crippen molar-refractivity contribution in [3.63, 3.8) is 0 Å². The van der Waals surface area contributed by atoms with E-state index in [0.29, 0.717) is 44.5 Å². The number of benzene rings is 8. The van der Waals surface area contributed by atoms with Crippen LogP contribution in [-0.4, -0.2) is 264 Å². The normalized spacial score (nSPS) is 11.3. The van der Waals surface area contributed by atoms with E-state index in [1.807, 2.05) is 230 Å². The van der Waals surface area contributed by atoms with E-state index in [4.69, 9.17) is 74.3 Å². The van der Waals surface area contributed by atoms with Gasteiger partial charge in [0.2, 0.25) is 0 Å². The Morgan fingerprint density at radius 3 is 0.816 bits per heavy atom. The second kappa shape index (κ2) is 72.4. The van der Waals surface area contributed by atoms with Gasteiger partial charge in [0.05, 0.1) is 44.5 Å². The predicted molar refractivity (Wildman–Crippen MR) is 745 cm³/mol. The lowest BCUT2D eigenvalue weighted by molar-refractivity contribution is 0.0515. The Bertz CT molecular complexity index is 7090. The molecule has 0 amide bonds. The molecule has 818 valence electrons. The minimum absolute atomic E-state index is 0.338. The summed E-state index contributed by atoms with van der Waals surface area (Å²) in [5, 5.41) is 0. The van der Waals surface area contributed by atoms with Gasteiger partial charge in [-0.05, 0) is 633 Å². The standard InChI is InChI=1S/C11H14INO5S.C9H5I5O5S.2C9H6I4O5S.2C9H7I3O5S.2C9H8I2O5S/c1-13(2)10-4-3-8(7-9(10)12)11(14)18-5-6-19(15,16)17;10-4-3(5(11)7(13)8(14)6(4)12)9(15)19-1-2-20(16,17)18;10-4-3-5(11)8(13)6(7(4)12)9(14)18-1-2-19(15,16)17;10-5-3-4(6(11)8(13)7(5)12)9(14)18-1-2-19(15,16)17;10-5-3-6(11)8(7(12)4-5)9(13)17-1-2-18(14,15)16;10-5-3-6(8(12)7(11)4-5)9(13)17-1-2-18(14,15)16;10-6-1-2-8(11)7(5-6)9(12)16-3-4-17(13,14)15;10-6-1-2-7(8(11)5-6)9(12)16-3-4-17(13,14)15/h3-4,7H,5-6H2,1-2H3,(H,15,16,17);1-2H2,(H,16,17,18);2*3H,1-2H2,(H,15,16,17);2*3-4H,1-2H2,(H,14,15,16);2*1-2,5H,3-4H2,(H,13,14,15). The zero-order valence-electron chi connectivity index (χ0n) is 71.9. The first kappa shape index (κ1) is 151. The van der Waals surface area contributed by atoms with E-state index in [-0.39, 0.29) is 52.9 Å². The number of hydrogen-bond donors (Lipinski definition) is 8. The number of nitrogens with zero attached hydrogens (tertiary/aromatic N) is 1. The van der Waals surface area contributed by atoms with Crippen molar-refractivity contribution in [1.29, 1.82) is 0 Å². The van der Waals surface area contributed by atoms with Crippen molar-refractivity contribution in [3.05, 3.63) is 221 Å². The van der Waals surface area contributed by atoms with E-state index in [2.05, 4.69) is 361 Å². The largest absolute Gasteiger partial charge is 0.461 e. The summed E-state index contributed by atoms with van der Waals surface area (Å²) in [6.07, 6.45) is 0. The molecule has 0 saturated carbocycles. The number of ether oxygens (including phenoxy) is 8. The number of halogens is 24. The molecule has 0 heterocycles. The van der Waals surface area contributed by atoms with Crippen LogP contribution < -0.4 is 4.90 Å². The molecule has 0 radical (unpaired) electrons. The number of hydrogen-bond acceptors (Lipinski definition) is 33. The zero-order chi connectivity index (χ0) is 114. The maximum absolute atomic E-state index is 12.1. The van der Waals surface area contributed by atoms with Crippen LogP contribution >= 0.6 is 542 Å². The average Bonchev–Trinajstić information content (AvgIpc) is 0.782. The Hall–Kier alpha value is 6.12. The van der Waals surface area contributed by atoms with E-state index in [1.54, 1.807) is 60.7 Å². The molecule has 0 aliphatic rings. The van der Waals surface area contributed by atoms with Gasteiger partial charge in [-0.1, -0.05) is 0 Å². The number of anilines is 1. The topological polar surface area (TPSA) is 649 Å². The van der Waals surface area contributed by atoms with Gasteiger partial charge in [-0.2, -0.15) is 67.3 Å². The fourth-order valence-electron chi connectivity index (χ4n) is 8.53. The first-order valence-corrected chi connectivity index (χ1v) is 75.6. The summed E-state index contributed by atoms with van der Waals surface area (Å²) < 4.78 is 296. The minimum atomic E-state index is -4.13. The molecule has 0 unspecified atom stereocenters. The lowest BCUT2D eigenvalue weighted by Crippen LogP contribution is -2.17. The Labute approximate surface area is 1170 Å². The first-order chi connectivity index (χ1) is 67.0. The maximum Gasteiger partial charge on any atom is 0.340 e. The lowest BCUT2D eigenvalue weighted by atomic mass is 10.2. The van der Waals surface area contributed by atoms with Crippen LogP contribution in [0.2, 0.25) is 0 Å². The highest BCUT2D eigenvalue weighted by Crippen LogP contribution is 2.36. The van der Waals surface area contributed by atoms with Crippen molar-refractivity contribution >= 4 is 677 Å². The van der Waals surface area contributed by atoms with Crippen molar-refractivity contribution in [2.24, 2.45) is 0 Å². The molecule has 0 aliphatic carbocycles. The van der Waals surface area contributed by atoms with Gasteiger partial charge in [-0.15, -0.1) is 0 Å². The molecule has 0 aliphatic heterocycles. The molecule has 41 nitrogen and oxygen atoms in total. The number of esters is 8. The summed E-state index contributed by atoms with van der Waals surface area (Å²) in [5.74, 6) is -9.60. The summed E-state index contributed by atoms with van der Waals surface area (Å²) in [7, 11) is -29.1. The summed E-state index contributed by atoms with van der Waals surface area (Å²) >= 11 is 50.1. The van der Waals surface area contributed by atoms with Crippen molar-refractivity contribution in [3.8, 4) is 0 Å². The van der Waals surface area contributed by atoms with Gasteiger partial charge in [0.25, 0.3) is 80.9 Å². The molecule has 73 heteroatoms. The van der Waals surface area contributed by atoms with Gasteiger partial charge in [0.1, 0.15) is 98.9 Å². The van der Waals surface area contributed by atoms with Crippen LogP contribution in [0.4, 0.5) is 5.69 Å². The highest BCUT2D eigenvalue weighted by molar-refractivity contribution is 14.1. The molecule has 0 fully saturated rings. The third-order valence-corrected chi connectivity index (χ3v) is 53.3. The molecule has 8 aromatic rings. The molecule has 0 aromatic heterocycles. The SMILES string of the molecule is CN(C)c1ccc(C(=O)OCCS(=O)(=O)O)cc1I.O=C(OCCS(=O)(=O)O)c1c(I)c(I)c(I)c(I)c1I.O=C(OCCS(=O)(=O)O)c1c(I)c(I)cc(I)c1I.O=C(OCCS(=O)(=O)O)c1c(I)cc(I)cc1I.O=C(OCCS(=O)(=O)O)c1cc(I)c(I)c(I)c1I.O=C(OCCS(=O)(=O)O)c1cc(I)cc(I)c1I.O=C(OCCS(=O)(=O)O)c1cc(I)ccc1I.O=C(OCCS(=O)(=O)O)c1ccc(I)cc1I. The Morgan fingerprint density at radius 2 is 0.469 bits per heavy atom. The fraction of sp³-hybridized carbons (Fsp3) is 0.243. The van der Waals surface area contributed by atoms with Crippen molar-refractivity contribution in [2.45, 2.75) is 0 Å². The molecular formula is C74H61I24NO40S8. The van der Waals surface area contributed by atoms with Gasteiger partial charge >= 0.3 is 47.8 Å². The van der Waals surface area contributed by atoms with Gasteiger partial charge in [-0.3, -0.25) is 36.4 Å². The van der Waals surface area contributed by atoms with E-state index < -0.39 is 175 Å². The van der Waals surface area contributed by atoms with E-state index in [9.17, 15) is 106 Å². The van der Waals surface area contributed by atoms with Gasteiger partial charge in [0.15, 0.2) is 0 Å². The van der Waals surface area contributed by atoms with Crippen molar-refractivity contribution in [1.82, 2.24) is 0 Å². The smallest absolute Gasteiger partial charge is 0.340 e. The van der Waals surface area contributed by atoms with Crippen LogP contribution in [0.15, 0.2) is 91.0 Å². The van der Waals surface area contributed by atoms with Gasteiger partial charge in [0, 0.05) is 105 Å². The third kappa shape index (κ3) is 63.1. The summed E-state index contributed by atoms with van der Waals surface area (Å²) in [4.78, 5) is 96.1. The molecule has 0 saturated heterocycles. The maximum atomic E-state index is 12.1. The quantitative estimate of drug-likeness (QED) is 0.00473. The number of carbonyl (C=O) groups is 8. The Kier molecular flexibility index (Phi) is 74.4. The molecular weight excluding hydrogens is 4850 g/mol. The second-order valence-corrected chi connectivity index (χ2v) is 66.2. The zero-order valence-corrected chi connectivity index (χ0v) is 130. The second-order valence-electron chi connectivity index (χ2n) is 26.3. The number of carbonyl (C=O) groups excluding carboxylic acids is 8. The van der Waals surface area contributed by atoms with Crippen molar-refractivity contribution < 1.29 is 180 Å². The van der Waals surface area contributed by atoms with Crippen LogP contribution in [0.25, 0.3) is 0 Å². The molecule has 8 N–H and O–H groups in total. The van der Waals surface area contributed by atoms with Crippen molar-refractivity contribution in [2.75, 3.05) is 118 Å². The molecule has 0 atom stereocenters. The number of rotatable bonds is 33. The average molecular weight is 4910 g/mol.